The van der Waals surface area contributed by atoms with Gasteiger partial charge in [-0.3, -0.25) is 4.79 Å². The van der Waals surface area contributed by atoms with Crippen LogP contribution in [-0.2, 0) is 6.54 Å². The Balaban J connectivity index is 2.08. The average Bonchev–Trinajstić information content (AvgIpc) is 2.93. The number of amides is 1. The predicted molar refractivity (Wildman–Crippen MR) is 103 cm³/mol. The number of halogens is 1. The molecular weight excluding hydrogens is 356 g/mol. The van der Waals surface area contributed by atoms with Crippen LogP contribution < -0.4 is 9.54 Å². The van der Waals surface area contributed by atoms with E-state index in [-0.39, 0.29) is 5.91 Å². The summed E-state index contributed by atoms with van der Waals surface area (Å²) in [5, 5.41) is 0.600. The van der Waals surface area contributed by atoms with E-state index in [0.29, 0.717) is 22.0 Å². The van der Waals surface area contributed by atoms with Crippen LogP contribution in [0.25, 0.3) is 10.2 Å². The first-order valence-electron chi connectivity index (χ1n) is 8.23. The molecule has 1 amide bonds. The molecule has 0 aliphatic rings. The first-order valence-corrected chi connectivity index (χ1v) is 9.42. The molecule has 2 aromatic carbocycles. The number of hydrogen-bond acceptors (Lipinski definition) is 3. The minimum Gasteiger partial charge on any atom is -0.494 e. The van der Waals surface area contributed by atoms with E-state index >= 15 is 0 Å². The fourth-order valence-electron chi connectivity index (χ4n) is 2.58. The molecule has 0 saturated heterocycles. The Morgan fingerprint density at radius 3 is 2.64 bits per heavy atom. The van der Waals surface area contributed by atoms with E-state index in [1.807, 2.05) is 25.1 Å². The van der Waals surface area contributed by atoms with Crippen LogP contribution in [0.3, 0.4) is 0 Å². The van der Waals surface area contributed by atoms with Gasteiger partial charge in [-0.1, -0.05) is 29.9 Å². The number of benzene rings is 2. The summed E-state index contributed by atoms with van der Waals surface area (Å²) in [5.74, 6) is 0.564. The van der Waals surface area contributed by atoms with Crippen molar-refractivity contribution in [3.63, 3.8) is 0 Å². The molecule has 0 fully saturated rings. The number of ether oxygens (including phenoxy) is 1. The highest BCUT2D eigenvalue weighted by Crippen LogP contribution is 2.24. The second kappa shape index (κ2) is 7.85. The van der Waals surface area contributed by atoms with Gasteiger partial charge in [0.25, 0.3) is 5.91 Å². The van der Waals surface area contributed by atoms with E-state index in [4.69, 9.17) is 16.3 Å². The quantitative estimate of drug-likeness (QED) is 0.637. The average molecular weight is 375 g/mol. The molecule has 0 saturated carbocycles. The van der Waals surface area contributed by atoms with Crippen LogP contribution in [0.4, 0.5) is 0 Å². The molecule has 1 heterocycles. The number of nitrogens with zero attached hydrogens (tertiary/aromatic N) is 2. The molecule has 4 nitrogen and oxygen atoms in total. The maximum atomic E-state index is 12.5. The van der Waals surface area contributed by atoms with Crippen molar-refractivity contribution in [2.45, 2.75) is 26.8 Å². The monoisotopic (exact) mass is 374 g/mol. The van der Waals surface area contributed by atoms with Gasteiger partial charge < -0.3 is 9.30 Å². The standard InChI is InChI=1S/C19H19ClN2O2S/c1-3-11-22-16-10-9-15(24-4-2)12-17(16)25-19(22)21-18(23)13-5-7-14(20)8-6-13/h5-10,12H,3-4,11H2,1-2H3. The minimum atomic E-state index is -0.266. The van der Waals surface area contributed by atoms with Crippen molar-refractivity contribution in [3.05, 3.63) is 57.9 Å². The van der Waals surface area contributed by atoms with Crippen molar-refractivity contribution in [3.8, 4) is 5.75 Å². The molecule has 0 bridgehead atoms. The van der Waals surface area contributed by atoms with Gasteiger partial charge >= 0.3 is 0 Å². The van der Waals surface area contributed by atoms with E-state index in [0.717, 1.165) is 28.9 Å². The van der Waals surface area contributed by atoms with Gasteiger partial charge in [0.1, 0.15) is 5.75 Å². The van der Waals surface area contributed by atoms with Crippen LogP contribution in [0, 0.1) is 0 Å². The summed E-state index contributed by atoms with van der Waals surface area (Å²) < 4.78 is 8.72. The molecular formula is C19H19ClN2O2S. The molecule has 0 N–H and O–H groups in total. The van der Waals surface area contributed by atoms with E-state index in [1.54, 1.807) is 24.3 Å². The van der Waals surface area contributed by atoms with Crippen molar-refractivity contribution in [1.82, 2.24) is 4.57 Å². The Morgan fingerprint density at radius 2 is 1.96 bits per heavy atom. The summed E-state index contributed by atoms with van der Waals surface area (Å²) in [7, 11) is 0. The fourth-order valence-corrected chi connectivity index (χ4v) is 3.79. The van der Waals surface area contributed by atoms with Gasteiger partial charge in [-0.25, -0.2) is 0 Å². The van der Waals surface area contributed by atoms with Crippen LogP contribution in [0.1, 0.15) is 30.6 Å². The summed E-state index contributed by atoms with van der Waals surface area (Å²) >= 11 is 7.38. The molecule has 3 rings (SSSR count). The zero-order chi connectivity index (χ0) is 17.8. The zero-order valence-corrected chi connectivity index (χ0v) is 15.7. The van der Waals surface area contributed by atoms with Gasteiger partial charge in [0, 0.05) is 17.1 Å². The number of hydrogen-bond donors (Lipinski definition) is 0. The number of aromatic nitrogens is 1. The van der Waals surface area contributed by atoms with Crippen molar-refractivity contribution in [2.75, 3.05) is 6.61 Å². The number of thiazole rings is 1. The second-order valence-electron chi connectivity index (χ2n) is 5.52. The summed E-state index contributed by atoms with van der Waals surface area (Å²) in [4.78, 5) is 17.5. The molecule has 0 unspecified atom stereocenters. The lowest BCUT2D eigenvalue weighted by Gasteiger charge is -2.05. The van der Waals surface area contributed by atoms with Crippen molar-refractivity contribution >= 4 is 39.1 Å². The van der Waals surface area contributed by atoms with Crippen molar-refractivity contribution < 1.29 is 9.53 Å². The van der Waals surface area contributed by atoms with Crippen LogP contribution >= 0.6 is 22.9 Å². The number of carbonyl (C=O) groups excluding carboxylic acids is 1. The Hall–Kier alpha value is -2.11. The molecule has 6 heteroatoms. The summed E-state index contributed by atoms with van der Waals surface area (Å²) in [6.07, 6.45) is 0.960. The predicted octanol–water partition coefficient (Wildman–Crippen LogP) is 4.91. The third kappa shape index (κ3) is 3.94. The van der Waals surface area contributed by atoms with Crippen LogP contribution in [0.15, 0.2) is 47.5 Å². The summed E-state index contributed by atoms with van der Waals surface area (Å²) in [6.45, 7) is 5.50. The first-order chi connectivity index (χ1) is 12.1. The van der Waals surface area contributed by atoms with Crippen LogP contribution in [0.2, 0.25) is 5.02 Å². The van der Waals surface area contributed by atoms with Gasteiger partial charge in [-0.05, 0) is 55.8 Å². The number of rotatable bonds is 5. The van der Waals surface area contributed by atoms with Gasteiger partial charge in [0.15, 0.2) is 4.80 Å². The first kappa shape index (κ1) is 17.7. The van der Waals surface area contributed by atoms with Crippen LogP contribution in [-0.4, -0.2) is 17.1 Å². The highest BCUT2D eigenvalue weighted by molar-refractivity contribution is 7.16. The highest BCUT2D eigenvalue weighted by atomic mass is 35.5. The summed E-state index contributed by atoms with van der Waals surface area (Å²) in [5.41, 5.74) is 1.60. The number of fused-ring (bicyclic) bond motifs is 1. The Labute approximate surface area is 155 Å². The lowest BCUT2D eigenvalue weighted by Crippen LogP contribution is -2.16. The SMILES string of the molecule is CCCn1c(=NC(=O)c2ccc(Cl)cc2)sc2cc(OCC)ccc21. The molecule has 0 aliphatic heterocycles. The molecule has 1 aromatic heterocycles. The Bertz CT molecular complexity index is 958. The third-order valence-electron chi connectivity index (χ3n) is 3.70. The normalized spacial score (nSPS) is 11.9. The topological polar surface area (TPSA) is 43.6 Å². The van der Waals surface area contributed by atoms with E-state index in [1.165, 1.54) is 11.3 Å². The molecule has 0 atom stereocenters. The lowest BCUT2D eigenvalue weighted by molar-refractivity contribution is 0.0998. The van der Waals surface area contributed by atoms with Crippen molar-refractivity contribution in [2.24, 2.45) is 4.99 Å². The third-order valence-corrected chi connectivity index (χ3v) is 4.99. The molecule has 0 spiro atoms. The van der Waals surface area contributed by atoms with E-state index in [2.05, 4.69) is 16.5 Å². The molecule has 0 aliphatic carbocycles. The van der Waals surface area contributed by atoms with Gasteiger partial charge in [-0.2, -0.15) is 4.99 Å². The zero-order valence-electron chi connectivity index (χ0n) is 14.2. The van der Waals surface area contributed by atoms with E-state index in [9.17, 15) is 4.79 Å². The molecule has 25 heavy (non-hydrogen) atoms. The van der Waals surface area contributed by atoms with Crippen molar-refractivity contribution in [1.29, 1.82) is 0 Å². The molecule has 130 valence electrons. The van der Waals surface area contributed by atoms with Gasteiger partial charge in [0.2, 0.25) is 0 Å². The number of carbonyl (C=O) groups is 1. The smallest absolute Gasteiger partial charge is 0.279 e. The molecule has 0 radical (unpaired) electrons. The maximum absolute atomic E-state index is 12.5. The van der Waals surface area contributed by atoms with Gasteiger partial charge in [-0.15, -0.1) is 0 Å². The van der Waals surface area contributed by atoms with E-state index < -0.39 is 0 Å². The summed E-state index contributed by atoms with van der Waals surface area (Å²) in [6, 6.07) is 12.8. The lowest BCUT2D eigenvalue weighted by atomic mass is 10.2. The van der Waals surface area contributed by atoms with Gasteiger partial charge in [0.05, 0.1) is 16.8 Å². The maximum Gasteiger partial charge on any atom is 0.279 e. The largest absolute Gasteiger partial charge is 0.494 e. The number of aryl methyl sites for hydroxylation is 1. The Kier molecular flexibility index (Phi) is 5.56. The Morgan fingerprint density at radius 1 is 1.20 bits per heavy atom. The highest BCUT2D eigenvalue weighted by Gasteiger charge is 2.10. The van der Waals surface area contributed by atoms with Crippen LogP contribution in [0.5, 0.6) is 5.75 Å². The minimum absolute atomic E-state index is 0.266. The molecule has 3 aromatic rings. The fraction of sp³-hybridized carbons (Fsp3) is 0.263. The second-order valence-corrected chi connectivity index (χ2v) is 6.97.